The third-order valence-corrected chi connectivity index (χ3v) is 3.59. The predicted octanol–water partition coefficient (Wildman–Crippen LogP) is 2.17. The summed E-state index contributed by atoms with van der Waals surface area (Å²) >= 11 is 0. The molecule has 0 aromatic heterocycles. The summed E-state index contributed by atoms with van der Waals surface area (Å²) in [7, 11) is 0. The van der Waals surface area contributed by atoms with Gasteiger partial charge in [0.25, 0.3) is 0 Å². The number of Topliss-reactive ketones (excluding diaryl/α,β-unsaturated/α-hetero) is 1. The quantitative estimate of drug-likeness (QED) is 0.737. The van der Waals surface area contributed by atoms with Crippen LogP contribution in [0.5, 0.6) is 0 Å². The van der Waals surface area contributed by atoms with Crippen LogP contribution in [-0.4, -0.2) is 29.6 Å². The summed E-state index contributed by atoms with van der Waals surface area (Å²) in [4.78, 5) is 23.0. The Kier molecular flexibility index (Phi) is 4.74. The van der Waals surface area contributed by atoms with Gasteiger partial charge in [0.05, 0.1) is 6.10 Å². The highest BCUT2D eigenvalue weighted by Crippen LogP contribution is 2.24. The first-order valence-corrected chi connectivity index (χ1v) is 6.88. The van der Waals surface area contributed by atoms with E-state index in [1.165, 1.54) is 6.92 Å². The average Bonchev–Trinajstić information content (AvgIpc) is 2.82. The maximum Gasteiger partial charge on any atom is 0.319 e. The Balaban J connectivity index is 1.82. The molecule has 3 N–H and O–H groups in total. The average molecular weight is 276 g/mol. The molecule has 0 radical (unpaired) electrons. The number of nitrogens with one attached hydrogen (secondary N) is 2. The Labute approximate surface area is 118 Å². The number of ketones is 1. The van der Waals surface area contributed by atoms with Gasteiger partial charge in [-0.05, 0) is 44.2 Å². The number of hydrogen-bond donors (Lipinski definition) is 3. The number of urea groups is 1. The second-order valence-electron chi connectivity index (χ2n) is 5.30. The molecule has 0 bridgehead atoms. The first-order valence-electron chi connectivity index (χ1n) is 6.88. The van der Waals surface area contributed by atoms with Crippen molar-refractivity contribution in [2.24, 2.45) is 5.92 Å². The fraction of sp³-hybridized carbons (Fsp3) is 0.467. The van der Waals surface area contributed by atoms with Gasteiger partial charge >= 0.3 is 6.03 Å². The third kappa shape index (κ3) is 4.06. The van der Waals surface area contributed by atoms with Crippen molar-refractivity contribution in [1.29, 1.82) is 0 Å². The predicted molar refractivity (Wildman–Crippen MR) is 76.8 cm³/mol. The van der Waals surface area contributed by atoms with Gasteiger partial charge in [-0.25, -0.2) is 4.79 Å². The molecule has 1 aliphatic carbocycles. The molecule has 0 spiro atoms. The first-order chi connectivity index (χ1) is 9.54. The Bertz CT molecular complexity index is 502. The molecule has 2 unspecified atom stereocenters. The largest absolute Gasteiger partial charge is 0.393 e. The highest BCUT2D eigenvalue weighted by molar-refractivity contribution is 5.96. The monoisotopic (exact) mass is 276 g/mol. The smallest absolute Gasteiger partial charge is 0.319 e. The van der Waals surface area contributed by atoms with Gasteiger partial charge in [-0.3, -0.25) is 4.79 Å². The SMILES string of the molecule is CC(=O)c1cccc(NC(=O)NCC2CCC(O)C2)c1. The zero-order valence-electron chi connectivity index (χ0n) is 11.6. The Morgan fingerprint density at radius 2 is 2.15 bits per heavy atom. The summed E-state index contributed by atoms with van der Waals surface area (Å²) in [5, 5.41) is 14.9. The lowest BCUT2D eigenvalue weighted by molar-refractivity contribution is 0.101. The van der Waals surface area contributed by atoms with E-state index in [-0.39, 0.29) is 17.9 Å². The van der Waals surface area contributed by atoms with Crippen LogP contribution in [0.2, 0.25) is 0 Å². The maximum absolute atomic E-state index is 11.8. The topological polar surface area (TPSA) is 78.4 Å². The molecular weight excluding hydrogens is 256 g/mol. The highest BCUT2D eigenvalue weighted by atomic mass is 16.3. The molecule has 5 heteroatoms. The van der Waals surface area contributed by atoms with Crippen LogP contribution >= 0.6 is 0 Å². The van der Waals surface area contributed by atoms with Crippen LogP contribution in [0.15, 0.2) is 24.3 Å². The Hall–Kier alpha value is -1.88. The van der Waals surface area contributed by atoms with Crippen LogP contribution < -0.4 is 10.6 Å². The zero-order chi connectivity index (χ0) is 14.5. The minimum atomic E-state index is -0.285. The summed E-state index contributed by atoms with van der Waals surface area (Å²) < 4.78 is 0. The summed E-state index contributed by atoms with van der Waals surface area (Å²) in [6.45, 7) is 2.06. The number of benzene rings is 1. The van der Waals surface area contributed by atoms with E-state index in [0.717, 1.165) is 19.3 Å². The highest BCUT2D eigenvalue weighted by Gasteiger charge is 2.22. The van der Waals surface area contributed by atoms with Gasteiger partial charge in [-0.1, -0.05) is 12.1 Å². The van der Waals surface area contributed by atoms with Gasteiger partial charge in [0.15, 0.2) is 5.78 Å². The molecule has 1 aromatic carbocycles. The lowest BCUT2D eigenvalue weighted by Gasteiger charge is -2.12. The van der Waals surface area contributed by atoms with E-state index in [1.54, 1.807) is 24.3 Å². The van der Waals surface area contributed by atoms with E-state index in [1.807, 2.05) is 0 Å². The molecule has 2 rings (SSSR count). The van der Waals surface area contributed by atoms with Crippen molar-refractivity contribution < 1.29 is 14.7 Å². The van der Waals surface area contributed by atoms with Crippen LogP contribution in [0, 0.1) is 5.92 Å². The van der Waals surface area contributed by atoms with Gasteiger partial charge < -0.3 is 15.7 Å². The number of hydrogen-bond acceptors (Lipinski definition) is 3. The van der Waals surface area contributed by atoms with Gasteiger partial charge in [0.2, 0.25) is 0 Å². The number of anilines is 1. The van der Waals surface area contributed by atoms with Gasteiger partial charge in [0.1, 0.15) is 0 Å². The van der Waals surface area contributed by atoms with Crippen molar-refractivity contribution in [2.75, 3.05) is 11.9 Å². The third-order valence-electron chi connectivity index (χ3n) is 3.59. The number of rotatable bonds is 4. The van der Waals surface area contributed by atoms with Crippen LogP contribution in [0.1, 0.15) is 36.5 Å². The molecule has 2 atom stereocenters. The van der Waals surface area contributed by atoms with Crippen molar-refractivity contribution in [3.05, 3.63) is 29.8 Å². The van der Waals surface area contributed by atoms with Crippen LogP contribution in [-0.2, 0) is 0 Å². The van der Waals surface area contributed by atoms with Crippen molar-refractivity contribution in [3.63, 3.8) is 0 Å². The molecule has 0 heterocycles. The number of carbonyl (C=O) groups excluding carboxylic acids is 2. The normalized spacial score (nSPS) is 21.5. The maximum atomic E-state index is 11.8. The van der Waals surface area contributed by atoms with E-state index in [0.29, 0.717) is 23.7 Å². The Morgan fingerprint density at radius 3 is 2.80 bits per heavy atom. The van der Waals surface area contributed by atoms with Crippen molar-refractivity contribution in [2.45, 2.75) is 32.3 Å². The van der Waals surface area contributed by atoms with Crippen LogP contribution in [0.25, 0.3) is 0 Å². The fourth-order valence-corrected chi connectivity index (χ4v) is 2.46. The standard InChI is InChI=1S/C15H20N2O3/c1-10(18)12-3-2-4-13(8-12)17-15(20)16-9-11-5-6-14(19)7-11/h2-4,8,11,14,19H,5-7,9H2,1H3,(H2,16,17,20). The second kappa shape index (κ2) is 6.52. The van der Waals surface area contributed by atoms with E-state index in [2.05, 4.69) is 10.6 Å². The molecular formula is C15H20N2O3. The van der Waals surface area contributed by atoms with Crippen molar-refractivity contribution in [3.8, 4) is 0 Å². The van der Waals surface area contributed by atoms with E-state index in [9.17, 15) is 14.7 Å². The Morgan fingerprint density at radius 1 is 1.35 bits per heavy atom. The van der Waals surface area contributed by atoms with Crippen LogP contribution in [0.3, 0.4) is 0 Å². The molecule has 1 fully saturated rings. The number of amides is 2. The molecule has 1 saturated carbocycles. The van der Waals surface area contributed by atoms with Gasteiger partial charge in [0, 0.05) is 17.8 Å². The number of aliphatic hydroxyl groups excluding tert-OH is 1. The molecule has 2 amide bonds. The molecule has 1 aliphatic rings. The van der Waals surface area contributed by atoms with Gasteiger partial charge in [-0.2, -0.15) is 0 Å². The molecule has 5 nitrogen and oxygen atoms in total. The van der Waals surface area contributed by atoms with E-state index in [4.69, 9.17) is 0 Å². The van der Waals surface area contributed by atoms with Gasteiger partial charge in [-0.15, -0.1) is 0 Å². The van der Waals surface area contributed by atoms with Crippen molar-refractivity contribution >= 4 is 17.5 Å². The zero-order valence-corrected chi connectivity index (χ0v) is 11.6. The molecule has 1 aromatic rings. The van der Waals surface area contributed by atoms with E-state index >= 15 is 0 Å². The number of aliphatic hydroxyl groups is 1. The summed E-state index contributed by atoms with van der Waals surface area (Å²) in [6, 6.07) is 6.56. The molecule has 0 aliphatic heterocycles. The number of carbonyl (C=O) groups is 2. The van der Waals surface area contributed by atoms with E-state index < -0.39 is 0 Å². The first kappa shape index (κ1) is 14.5. The lowest BCUT2D eigenvalue weighted by atomic mass is 10.1. The summed E-state index contributed by atoms with van der Waals surface area (Å²) in [5.41, 5.74) is 1.17. The minimum Gasteiger partial charge on any atom is -0.393 e. The molecule has 108 valence electrons. The molecule has 0 saturated heterocycles. The summed E-state index contributed by atoms with van der Waals surface area (Å²) in [6.07, 6.45) is 2.29. The minimum absolute atomic E-state index is 0.0333. The van der Waals surface area contributed by atoms with Crippen LogP contribution in [0.4, 0.5) is 10.5 Å². The summed E-state index contributed by atoms with van der Waals surface area (Å²) in [5.74, 6) is 0.313. The second-order valence-corrected chi connectivity index (χ2v) is 5.30. The molecule has 20 heavy (non-hydrogen) atoms. The lowest BCUT2D eigenvalue weighted by Crippen LogP contribution is -2.32. The fourth-order valence-electron chi connectivity index (χ4n) is 2.46. The van der Waals surface area contributed by atoms with Crippen molar-refractivity contribution in [1.82, 2.24) is 5.32 Å².